The first-order chi connectivity index (χ1) is 8.98. The van der Waals surface area contributed by atoms with Crippen molar-refractivity contribution in [1.82, 2.24) is 9.29 Å². The molecule has 6 heteroatoms. The lowest BCUT2D eigenvalue weighted by Crippen LogP contribution is -2.46. The van der Waals surface area contributed by atoms with Crippen molar-refractivity contribution in [2.45, 2.75) is 44.2 Å². The van der Waals surface area contributed by atoms with Crippen molar-refractivity contribution in [3.05, 3.63) is 24.0 Å². The molecule has 19 heavy (non-hydrogen) atoms. The van der Waals surface area contributed by atoms with Crippen LogP contribution in [0.4, 0.5) is 0 Å². The molecule has 0 spiro atoms. The maximum atomic E-state index is 12.8. The van der Waals surface area contributed by atoms with Crippen LogP contribution in [0.15, 0.2) is 23.2 Å². The van der Waals surface area contributed by atoms with E-state index in [0.717, 1.165) is 12.8 Å². The summed E-state index contributed by atoms with van der Waals surface area (Å²) in [5, 5.41) is 0. The molecule has 5 nitrogen and oxygen atoms in total. The molecule has 0 saturated carbocycles. The lowest BCUT2D eigenvalue weighted by molar-refractivity contribution is 0.202. The van der Waals surface area contributed by atoms with Gasteiger partial charge in [-0.15, -0.1) is 0 Å². The maximum Gasteiger partial charge on any atom is 0.245 e. The highest BCUT2D eigenvalue weighted by atomic mass is 32.2. The molecule has 2 atom stereocenters. The molecule has 2 heterocycles. The zero-order valence-corrected chi connectivity index (χ0v) is 12.2. The topological polar surface area (TPSA) is 76.3 Å². The number of hydrogen-bond donors (Lipinski definition) is 1. The fourth-order valence-electron chi connectivity index (χ4n) is 2.57. The first kappa shape index (κ1) is 14.4. The Morgan fingerprint density at radius 1 is 1.47 bits per heavy atom. The molecule has 1 saturated heterocycles. The second kappa shape index (κ2) is 5.56. The number of pyridine rings is 1. The Balaban J connectivity index is 2.42. The van der Waals surface area contributed by atoms with E-state index >= 15 is 0 Å². The van der Waals surface area contributed by atoms with E-state index in [0.29, 0.717) is 18.2 Å². The van der Waals surface area contributed by atoms with Crippen molar-refractivity contribution in [3.8, 4) is 0 Å². The summed E-state index contributed by atoms with van der Waals surface area (Å²) in [5.74, 6) is 0.376. The molecule has 1 aliphatic heterocycles. The second-order valence-corrected chi connectivity index (χ2v) is 6.99. The van der Waals surface area contributed by atoms with Crippen LogP contribution in [0.1, 0.15) is 32.4 Å². The fraction of sp³-hybridized carbons (Fsp3) is 0.615. The van der Waals surface area contributed by atoms with E-state index in [9.17, 15) is 8.42 Å². The van der Waals surface area contributed by atoms with E-state index in [1.54, 1.807) is 22.6 Å². The maximum absolute atomic E-state index is 12.8. The summed E-state index contributed by atoms with van der Waals surface area (Å²) in [5.41, 5.74) is 6.03. The Morgan fingerprint density at radius 2 is 2.21 bits per heavy atom. The minimum atomic E-state index is -3.50. The molecule has 1 aliphatic rings. The quantitative estimate of drug-likeness (QED) is 0.908. The molecule has 2 N–H and O–H groups in total. The largest absolute Gasteiger partial charge is 0.325 e. The highest BCUT2D eigenvalue weighted by Crippen LogP contribution is 2.29. The SMILES string of the molecule is CC1CCCN(S(=O)(=O)c2cccnc2CN)C1C. The Morgan fingerprint density at radius 3 is 2.89 bits per heavy atom. The fourth-order valence-corrected chi connectivity index (χ4v) is 4.53. The summed E-state index contributed by atoms with van der Waals surface area (Å²) in [6.45, 7) is 4.78. The molecule has 1 aromatic rings. The average Bonchev–Trinajstić information content (AvgIpc) is 2.41. The monoisotopic (exact) mass is 283 g/mol. The third kappa shape index (κ3) is 2.66. The molecule has 1 fully saturated rings. The summed E-state index contributed by atoms with van der Waals surface area (Å²) in [4.78, 5) is 4.32. The van der Waals surface area contributed by atoms with Crippen LogP contribution >= 0.6 is 0 Å². The van der Waals surface area contributed by atoms with Gasteiger partial charge in [-0.2, -0.15) is 4.31 Å². The number of piperidine rings is 1. The molecule has 106 valence electrons. The third-order valence-corrected chi connectivity index (χ3v) is 6.00. The van der Waals surface area contributed by atoms with Crippen LogP contribution in [0, 0.1) is 5.92 Å². The molecular weight excluding hydrogens is 262 g/mol. The molecule has 2 rings (SSSR count). The summed E-state index contributed by atoms with van der Waals surface area (Å²) < 4.78 is 27.1. The van der Waals surface area contributed by atoms with Gasteiger partial charge < -0.3 is 5.73 Å². The van der Waals surface area contributed by atoms with Crippen molar-refractivity contribution < 1.29 is 8.42 Å². The van der Waals surface area contributed by atoms with E-state index < -0.39 is 10.0 Å². The Labute approximate surface area is 114 Å². The molecule has 0 aromatic carbocycles. The Kier molecular flexibility index (Phi) is 4.23. The van der Waals surface area contributed by atoms with Gasteiger partial charge in [0.1, 0.15) is 4.90 Å². The van der Waals surface area contributed by atoms with Crippen LogP contribution in [0.25, 0.3) is 0 Å². The zero-order valence-electron chi connectivity index (χ0n) is 11.4. The number of sulfonamides is 1. The van der Waals surface area contributed by atoms with Gasteiger partial charge in [-0.3, -0.25) is 4.98 Å². The van der Waals surface area contributed by atoms with Crippen LogP contribution < -0.4 is 5.73 Å². The molecular formula is C13H21N3O2S. The Hall–Kier alpha value is -0.980. The van der Waals surface area contributed by atoms with Crippen LogP contribution in [0.5, 0.6) is 0 Å². The van der Waals surface area contributed by atoms with Gasteiger partial charge >= 0.3 is 0 Å². The average molecular weight is 283 g/mol. The van der Waals surface area contributed by atoms with Crippen LogP contribution in [-0.4, -0.2) is 30.3 Å². The van der Waals surface area contributed by atoms with Crippen molar-refractivity contribution in [1.29, 1.82) is 0 Å². The van der Waals surface area contributed by atoms with E-state index in [4.69, 9.17) is 5.73 Å². The molecule has 0 amide bonds. The normalized spacial score (nSPS) is 25.4. The minimum Gasteiger partial charge on any atom is -0.325 e. The summed E-state index contributed by atoms with van der Waals surface area (Å²) >= 11 is 0. The van der Waals surface area contributed by atoms with Gasteiger partial charge in [-0.05, 0) is 37.8 Å². The second-order valence-electron chi connectivity index (χ2n) is 5.13. The molecule has 0 bridgehead atoms. The lowest BCUT2D eigenvalue weighted by Gasteiger charge is -2.37. The van der Waals surface area contributed by atoms with E-state index in [1.807, 2.05) is 6.92 Å². The lowest BCUT2D eigenvalue weighted by atomic mass is 9.94. The Bertz CT molecular complexity index is 545. The number of aromatic nitrogens is 1. The molecule has 2 unspecified atom stereocenters. The smallest absolute Gasteiger partial charge is 0.245 e. The zero-order chi connectivity index (χ0) is 14.0. The number of nitrogens with zero attached hydrogens (tertiary/aromatic N) is 2. The number of rotatable bonds is 3. The van der Waals surface area contributed by atoms with Gasteiger partial charge in [0.25, 0.3) is 0 Å². The van der Waals surface area contributed by atoms with Gasteiger partial charge in [0.15, 0.2) is 0 Å². The first-order valence-electron chi connectivity index (χ1n) is 6.64. The van der Waals surface area contributed by atoms with E-state index in [-0.39, 0.29) is 17.5 Å². The summed E-state index contributed by atoms with van der Waals surface area (Å²) in [7, 11) is -3.50. The van der Waals surface area contributed by atoms with Crippen molar-refractivity contribution in [3.63, 3.8) is 0 Å². The van der Waals surface area contributed by atoms with Crippen molar-refractivity contribution in [2.24, 2.45) is 11.7 Å². The number of nitrogens with two attached hydrogens (primary N) is 1. The predicted molar refractivity (Wildman–Crippen MR) is 73.9 cm³/mol. The van der Waals surface area contributed by atoms with Crippen molar-refractivity contribution in [2.75, 3.05) is 6.54 Å². The van der Waals surface area contributed by atoms with Gasteiger partial charge in [-0.1, -0.05) is 6.92 Å². The molecule has 1 aromatic heterocycles. The highest BCUT2D eigenvalue weighted by molar-refractivity contribution is 7.89. The van der Waals surface area contributed by atoms with E-state index in [2.05, 4.69) is 11.9 Å². The first-order valence-corrected chi connectivity index (χ1v) is 8.08. The summed E-state index contributed by atoms with van der Waals surface area (Å²) in [6, 6.07) is 3.25. The van der Waals surface area contributed by atoms with Crippen LogP contribution in [-0.2, 0) is 16.6 Å². The van der Waals surface area contributed by atoms with Gasteiger partial charge in [0.2, 0.25) is 10.0 Å². The number of hydrogen-bond acceptors (Lipinski definition) is 4. The standard InChI is InChI=1S/C13H21N3O2S/c1-10-5-4-8-16(11(10)2)19(17,18)13-6-3-7-15-12(13)9-14/h3,6-7,10-11H,4-5,8-9,14H2,1-2H3. The molecule has 0 radical (unpaired) electrons. The highest BCUT2D eigenvalue weighted by Gasteiger charge is 2.35. The minimum absolute atomic E-state index is 0.0181. The molecule has 0 aliphatic carbocycles. The van der Waals surface area contributed by atoms with Gasteiger partial charge in [-0.25, -0.2) is 8.42 Å². The summed E-state index contributed by atoms with van der Waals surface area (Å²) in [6.07, 6.45) is 3.55. The van der Waals surface area contributed by atoms with Crippen molar-refractivity contribution >= 4 is 10.0 Å². The van der Waals surface area contributed by atoms with Gasteiger partial charge in [0.05, 0.1) is 5.69 Å². The van der Waals surface area contributed by atoms with Crippen LogP contribution in [0.3, 0.4) is 0 Å². The predicted octanol–water partition coefficient (Wildman–Crippen LogP) is 1.35. The van der Waals surface area contributed by atoms with E-state index in [1.165, 1.54) is 0 Å². The van der Waals surface area contributed by atoms with Gasteiger partial charge in [0, 0.05) is 25.3 Å². The third-order valence-electron chi connectivity index (χ3n) is 3.94. The van der Waals surface area contributed by atoms with Crippen LogP contribution in [0.2, 0.25) is 0 Å².